The first-order valence-electron chi connectivity index (χ1n) is 9.71. The summed E-state index contributed by atoms with van der Waals surface area (Å²) in [4.78, 5) is 11.9. The van der Waals surface area contributed by atoms with Crippen LogP contribution in [0.25, 0.3) is 0 Å². The number of sulfonamides is 1. The van der Waals surface area contributed by atoms with E-state index in [0.717, 1.165) is 54.7 Å². The van der Waals surface area contributed by atoms with Crippen molar-refractivity contribution in [2.45, 2.75) is 44.6 Å². The molecule has 0 amide bonds. The molecule has 0 atom stereocenters. The Hall–Kier alpha value is -1.70. The van der Waals surface area contributed by atoms with Gasteiger partial charge in [-0.15, -0.1) is 0 Å². The average molecular weight is 421 g/mol. The number of rotatable bonds is 3. The predicted molar refractivity (Wildman–Crippen MR) is 110 cm³/mol. The quantitative estimate of drug-likeness (QED) is 0.761. The molecule has 0 saturated carbocycles. The molecule has 8 heteroatoms. The second kappa shape index (κ2) is 7.61. The van der Waals surface area contributed by atoms with E-state index in [1.54, 1.807) is 24.3 Å². The number of nitrogens with zero attached hydrogens (tertiary/aromatic N) is 4. The van der Waals surface area contributed by atoms with Crippen LogP contribution in [0.2, 0.25) is 5.02 Å². The summed E-state index contributed by atoms with van der Waals surface area (Å²) in [6.45, 7) is 6.82. The van der Waals surface area contributed by atoms with Gasteiger partial charge in [-0.25, -0.2) is 18.4 Å². The number of hydrogen-bond acceptors (Lipinski definition) is 5. The highest BCUT2D eigenvalue weighted by Gasteiger charge is 2.32. The second-order valence-electron chi connectivity index (χ2n) is 7.73. The van der Waals surface area contributed by atoms with Gasteiger partial charge in [0, 0.05) is 43.2 Å². The highest BCUT2D eigenvalue weighted by molar-refractivity contribution is 7.89. The molecule has 3 heterocycles. The van der Waals surface area contributed by atoms with Gasteiger partial charge in [0.25, 0.3) is 0 Å². The van der Waals surface area contributed by atoms with Crippen LogP contribution in [0.4, 0.5) is 5.82 Å². The van der Waals surface area contributed by atoms with Crippen LogP contribution in [0.15, 0.2) is 29.2 Å². The van der Waals surface area contributed by atoms with Crippen LogP contribution in [-0.4, -0.2) is 42.3 Å². The molecule has 0 unspecified atom stereocenters. The third kappa shape index (κ3) is 3.75. The first-order valence-corrected chi connectivity index (χ1v) is 11.5. The Morgan fingerprint density at radius 1 is 1.07 bits per heavy atom. The van der Waals surface area contributed by atoms with Gasteiger partial charge in [0.05, 0.1) is 10.6 Å². The van der Waals surface area contributed by atoms with E-state index >= 15 is 0 Å². The zero-order valence-electron chi connectivity index (χ0n) is 16.2. The molecule has 0 bridgehead atoms. The van der Waals surface area contributed by atoms with Crippen molar-refractivity contribution in [2.24, 2.45) is 5.92 Å². The van der Waals surface area contributed by atoms with Gasteiger partial charge in [0.15, 0.2) is 0 Å². The molecule has 1 aromatic heterocycles. The Balaban J connectivity index is 1.66. The third-order valence-electron chi connectivity index (χ3n) is 5.65. The van der Waals surface area contributed by atoms with Crippen molar-refractivity contribution < 1.29 is 8.42 Å². The molecular formula is C20H25ClN4O2S. The van der Waals surface area contributed by atoms with Gasteiger partial charge < -0.3 is 4.90 Å². The lowest BCUT2D eigenvalue weighted by Gasteiger charge is -2.35. The summed E-state index contributed by atoms with van der Waals surface area (Å²) in [5.41, 5.74) is 1.92. The molecular weight excluding hydrogens is 396 g/mol. The molecule has 2 aliphatic rings. The lowest BCUT2D eigenvalue weighted by atomic mass is 9.98. The largest absolute Gasteiger partial charge is 0.356 e. The van der Waals surface area contributed by atoms with E-state index in [0.29, 0.717) is 24.5 Å². The van der Waals surface area contributed by atoms with Gasteiger partial charge >= 0.3 is 0 Å². The number of anilines is 1. The van der Waals surface area contributed by atoms with E-state index in [9.17, 15) is 8.42 Å². The highest BCUT2D eigenvalue weighted by atomic mass is 35.5. The van der Waals surface area contributed by atoms with Crippen molar-refractivity contribution in [3.05, 3.63) is 46.4 Å². The number of piperidine rings is 1. The minimum absolute atomic E-state index is 0.265. The van der Waals surface area contributed by atoms with Crippen LogP contribution in [0.3, 0.4) is 0 Å². The summed E-state index contributed by atoms with van der Waals surface area (Å²) in [6.07, 6.45) is 2.86. The SMILES string of the molecule is Cc1nc2c(c(N3CCC(C)CC3)n1)CN(S(=O)(=O)c1ccc(Cl)cc1)CC2. The minimum atomic E-state index is -3.59. The van der Waals surface area contributed by atoms with E-state index in [-0.39, 0.29) is 4.90 Å². The molecule has 150 valence electrons. The van der Waals surface area contributed by atoms with Gasteiger partial charge in [-0.3, -0.25) is 0 Å². The molecule has 1 aromatic carbocycles. The molecule has 0 aliphatic carbocycles. The molecule has 0 radical (unpaired) electrons. The van der Waals surface area contributed by atoms with Crippen LogP contribution in [0, 0.1) is 12.8 Å². The van der Waals surface area contributed by atoms with Gasteiger partial charge in [0.2, 0.25) is 10.0 Å². The van der Waals surface area contributed by atoms with Crippen molar-refractivity contribution in [1.29, 1.82) is 0 Å². The number of benzene rings is 1. The lowest BCUT2D eigenvalue weighted by Crippen LogP contribution is -2.40. The molecule has 1 saturated heterocycles. The van der Waals surface area contributed by atoms with Gasteiger partial charge in [-0.2, -0.15) is 4.31 Å². The Morgan fingerprint density at radius 2 is 1.75 bits per heavy atom. The maximum absolute atomic E-state index is 13.1. The summed E-state index contributed by atoms with van der Waals surface area (Å²) < 4.78 is 27.8. The van der Waals surface area contributed by atoms with Crippen LogP contribution < -0.4 is 4.90 Å². The molecule has 0 N–H and O–H groups in total. The third-order valence-corrected chi connectivity index (χ3v) is 7.76. The summed E-state index contributed by atoms with van der Waals surface area (Å²) in [5, 5.41) is 0.522. The maximum atomic E-state index is 13.1. The molecule has 1 fully saturated rings. The zero-order chi connectivity index (χ0) is 19.9. The average Bonchev–Trinajstić information content (AvgIpc) is 2.68. The normalized spacial score (nSPS) is 18.9. The number of aryl methyl sites for hydroxylation is 1. The monoisotopic (exact) mass is 420 g/mol. The molecule has 28 heavy (non-hydrogen) atoms. The van der Waals surface area contributed by atoms with Gasteiger partial charge in [-0.1, -0.05) is 18.5 Å². The summed E-state index contributed by atoms with van der Waals surface area (Å²) >= 11 is 5.92. The van der Waals surface area contributed by atoms with Crippen LogP contribution in [0.1, 0.15) is 36.8 Å². The summed E-state index contributed by atoms with van der Waals surface area (Å²) in [6, 6.07) is 6.34. The Kier molecular flexibility index (Phi) is 5.33. The standard InChI is InChI=1S/C20H25ClN4O2S/c1-14-7-10-24(11-8-14)20-18-13-25(12-9-19(18)22-15(2)23-20)28(26,27)17-5-3-16(21)4-6-17/h3-6,14H,7-13H2,1-2H3. The number of fused-ring (bicyclic) bond motifs is 1. The van der Waals surface area contributed by atoms with Crippen LogP contribution in [0.5, 0.6) is 0 Å². The zero-order valence-corrected chi connectivity index (χ0v) is 17.8. The molecule has 0 spiro atoms. The Labute approximate surface area is 171 Å². The summed E-state index contributed by atoms with van der Waals surface area (Å²) in [7, 11) is -3.59. The second-order valence-corrected chi connectivity index (χ2v) is 10.1. The maximum Gasteiger partial charge on any atom is 0.243 e. The summed E-state index contributed by atoms with van der Waals surface area (Å²) in [5.74, 6) is 2.38. The lowest BCUT2D eigenvalue weighted by molar-refractivity contribution is 0.383. The predicted octanol–water partition coefficient (Wildman–Crippen LogP) is 3.42. The first-order chi connectivity index (χ1) is 13.3. The van der Waals surface area contributed by atoms with Crippen LogP contribution >= 0.6 is 11.6 Å². The van der Waals surface area contributed by atoms with Crippen LogP contribution in [-0.2, 0) is 23.0 Å². The van der Waals surface area contributed by atoms with Crippen molar-refractivity contribution in [2.75, 3.05) is 24.5 Å². The van der Waals surface area contributed by atoms with Crippen molar-refractivity contribution in [3.63, 3.8) is 0 Å². The minimum Gasteiger partial charge on any atom is -0.356 e. The van der Waals surface area contributed by atoms with Crippen molar-refractivity contribution >= 4 is 27.4 Å². The van der Waals surface area contributed by atoms with E-state index in [1.807, 2.05) is 6.92 Å². The van der Waals surface area contributed by atoms with Gasteiger partial charge in [0.1, 0.15) is 11.6 Å². The molecule has 6 nitrogen and oxygen atoms in total. The van der Waals surface area contributed by atoms with E-state index in [1.165, 1.54) is 4.31 Å². The molecule has 2 aliphatic heterocycles. The smallest absolute Gasteiger partial charge is 0.243 e. The Bertz CT molecular complexity index is 970. The fourth-order valence-corrected chi connectivity index (χ4v) is 5.47. The van der Waals surface area contributed by atoms with E-state index < -0.39 is 10.0 Å². The fraction of sp³-hybridized carbons (Fsp3) is 0.500. The molecule has 2 aromatic rings. The van der Waals surface area contributed by atoms with E-state index in [4.69, 9.17) is 16.6 Å². The van der Waals surface area contributed by atoms with Crippen molar-refractivity contribution in [1.82, 2.24) is 14.3 Å². The number of hydrogen-bond donors (Lipinski definition) is 0. The number of aromatic nitrogens is 2. The Morgan fingerprint density at radius 3 is 2.43 bits per heavy atom. The van der Waals surface area contributed by atoms with Gasteiger partial charge in [-0.05, 0) is 49.9 Å². The topological polar surface area (TPSA) is 66.4 Å². The van der Waals surface area contributed by atoms with Crippen molar-refractivity contribution in [3.8, 4) is 0 Å². The van der Waals surface area contributed by atoms with E-state index in [2.05, 4.69) is 16.8 Å². The number of halogens is 1. The highest BCUT2D eigenvalue weighted by Crippen LogP contribution is 2.32. The fourth-order valence-electron chi connectivity index (χ4n) is 3.94. The molecule has 4 rings (SSSR count). The first kappa shape index (κ1) is 19.6.